The summed E-state index contributed by atoms with van der Waals surface area (Å²) in [5.41, 5.74) is 6.70. The van der Waals surface area contributed by atoms with Crippen LogP contribution >= 0.6 is 22.6 Å². The molecule has 4 aromatic rings. The second-order valence-corrected chi connectivity index (χ2v) is 7.55. The van der Waals surface area contributed by atoms with E-state index in [0.717, 1.165) is 33.7 Å². The Bertz CT molecular complexity index is 1190. The summed E-state index contributed by atoms with van der Waals surface area (Å²) in [6, 6.07) is 20.5. The highest BCUT2D eigenvalue weighted by atomic mass is 127. The number of nitrogens with one attached hydrogen (secondary N) is 1. The van der Waals surface area contributed by atoms with Crippen LogP contribution in [-0.2, 0) is 0 Å². The first-order chi connectivity index (χ1) is 13.1. The molecule has 0 atom stereocenters. The van der Waals surface area contributed by atoms with Crippen LogP contribution in [0, 0.1) is 28.7 Å². The number of hydrogen-bond acceptors (Lipinski definition) is 2. The van der Waals surface area contributed by atoms with Crippen molar-refractivity contribution < 1.29 is 0 Å². The van der Waals surface area contributed by atoms with E-state index in [-0.39, 0.29) is 0 Å². The summed E-state index contributed by atoms with van der Waals surface area (Å²) in [5, 5.41) is 9.71. The summed E-state index contributed by atoms with van der Waals surface area (Å²) in [4.78, 5) is 7.80. The van der Waals surface area contributed by atoms with Crippen molar-refractivity contribution >= 4 is 45.3 Å². The molecule has 0 aliphatic rings. The van der Waals surface area contributed by atoms with Crippen molar-refractivity contribution in [2.45, 2.75) is 13.8 Å². The molecule has 0 aliphatic carbocycles. The predicted molar refractivity (Wildman–Crippen MR) is 118 cm³/mol. The van der Waals surface area contributed by atoms with Crippen LogP contribution in [0.3, 0.4) is 0 Å². The minimum absolute atomic E-state index is 0.522. The minimum atomic E-state index is 0.522. The number of fused-ring (bicyclic) bond motifs is 1. The van der Waals surface area contributed by atoms with E-state index in [2.05, 4.69) is 75.2 Å². The van der Waals surface area contributed by atoms with Gasteiger partial charge in [0, 0.05) is 15.0 Å². The number of nitriles is 1. The molecule has 0 saturated heterocycles. The highest BCUT2D eigenvalue weighted by molar-refractivity contribution is 14.1. The molecule has 2 aromatic heterocycles. The van der Waals surface area contributed by atoms with Crippen molar-refractivity contribution in [1.29, 1.82) is 5.26 Å². The molecule has 27 heavy (non-hydrogen) atoms. The zero-order valence-corrected chi connectivity index (χ0v) is 17.2. The van der Waals surface area contributed by atoms with Crippen LogP contribution in [0.25, 0.3) is 28.4 Å². The van der Waals surface area contributed by atoms with Gasteiger partial charge >= 0.3 is 0 Å². The van der Waals surface area contributed by atoms with E-state index in [1.807, 2.05) is 42.5 Å². The van der Waals surface area contributed by atoms with Crippen molar-refractivity contribution in [1.82, 2.24) is 14.5 Å². The molecule has 0 amide bonds. The van der Waals surface area contributed by atoms with E-state index >= 15 is 0 Å². The highest BCUT2D eigenvalue weighted by Gasteiger charge is 2.14. The van der Waals surface area contributed by atoms with Gasteiger partial charge in [-0.15, -0.1) is 0 Å². The Morgan fingerprint density at radius 2 is 1.89 bits per heavy atom. The Morgan fingerprint density at radius 1 is 1.15 bits per heavy atom. The topological polar surface area (TPSA) is 57.4 Å². The second kappa shape index (κ2) is 7.05. The molecule has 0 spiro atoms. The molecular weight excluding hydrogens is 447 g/mol. The first-order valence-electron chi connectivity index (χ1n) is 8.59. The number of para-hydroxylation sites is 3. The number of imidazole rings is 1. The van der Waals surface area contributed by atoms with Crippen LogP contribution < -0.4 is 0 Å². The lowest BCUT2D eigenvalue weighted by atomic mass is 10.1. The van der Waals surface area contributed by atoms with Gasteiger partial charge in [0.25, 0.3) is 0 Å². The SMILES string of the molecule is Cc1cc(/C=C(\C#N)c2nc3ccccc3[nH]2)c(C)n1-c1ccccc1I. The van der Waals surface area contributed by atoms with E-state index < -0.39 is 0 Å². The van der Waals surface area contributed by atoms with Gasteiger partial charge in [0.15, 0.2) is 0 Å². The average molecular weight is 464 g/mol. The van der Waals surface area contributed by atoms with Gasteiger partial charge in [-0.25, -0.2) is 4.98 Å². The van der Waals surface area contributed by atoms with Gasteiger partial charge in [-0.05, 0) is 78.4 Å². The number of halogens is 1. The van der Waals surface area contributed by atoms with Crippen LogP contribution in [0.1, 0.15) is 22.8 Å². The van der Waals surface area contributed by atoms with Gasteiger partial charge in [0.1, 0.15) is 11.9 Å². The number of rotatable bonds is 3. The van der Waals surface area contributed by atoms with Crippen molar-refractivity contribution in [3.8, 4) is 11.8 Å². The number of H-pyrrole nitrogens is 1. The van der Waals surface area contributed by atoms with Crippen molar-refractivity contribution in [3.63, 3.8) is 0 Å². The van der Waals surface area contributed by atoms with Crippen LogP contribution in [0.15, 0.2) is 54.6 Å². The smallest absolute Gasteiger partial charge is 0.149 e. The fourth-order valence-electron chi connectivity index (χ4n) is 3.33. The number of benzene rings is 2. The molecule has 0 radical (unpaired) electrons. The fraction of sp³-hybridized carbons (Fsp3) is 0.0909. The number of hydrogen-bond donors (Lipinski definition) is 1. The molecule has 0 fully saturated rings. The average Bonchev–Trinajstić information content (AvgIpc) is 3.21. The number of allylic oxidation sites excluding steroid dienone is 1. The van der Waals surface area contributed by atoms with Gasteiger partial charge < -0.3 is 9.55 Å². The lowest BCUT2D eigenvalue weighted by Gasteiger charge is -2.11. The van der Waals surface area contributed by atoms with Crippen LogP contribution in [0.2, 0.25) is 0 Å². The van der Waals surface area contributed by atoms with E-state index in [4.69, 9.17) is 0 Å². The molecular formula is C22H17IN4. The lowest BCUT2D eigenvalue weighted by Crippen LogP contribution is -2.01. The van der Waals surface area contributed by atoms with Crippen LogP contribution in [0.4, 0.5) is 0 Å². The summed E-state index contributed by atoms with van der Waals surface area (Å²) in [7, 11) is 0. The van der Waals surface area contributed by atoms with E-state index in [1.54, 1.807) is 0 Å². The molecule has 0 bridgehead atoms. The van der Waals surface area contributed by atoms with Gasteiger partial charge in [-0.1, -0.05) is 24.3 Å². The van der Waals surface area contributed by atoms with Crippen molar-refractivity contribution in [2.24, 2.45) is 0 Å². The molecule has 5 heteroatoms. The zero-order chi connectivity index (χ0) is 19.0. The summed E-state index contributed by atoms with van der Waals surface area (Å²) >= 11 is 2.35. The number of aromatic amines is 1. The predicted octanol–water partition coefficient (Wildman–Crippen LogP) is 5.64. The summed E-state index contributed by atoms with van der Waals surface area (Å²) in [6.45, 7) is 4.16. The number of aromatic nitrogens is 3. The Kier molecular flexibility index (Phi) is 4.58. The lowest BCUT2D eigenvalue weighted by molar-refractivity contribution is 0.958. The van der Waals surface area contributed by atoms with Crippen molar-refractivity contribution in [3.05, 3.63) is 80.9 Å². The van der Waals surface area contributed by atoms with Crippen molar-refractivity contribution in [2.75, 3.05) is 0 Å². The Labute approximate surface area is 171 Å². The molecule has 2 heterocycles. The van der Waals surface area contributed by atoms with Crippen LogP contribution in [-0.4, -0.2) is 14.5 Å². The van der Waals surface area contributed by atoms with Gasteiger partial charge in [-0.3, -0.25) is 0 Å². The third-order valence-electron chi connectivity index (χ3n) is 4.63. The van der Waals surface area contributed by atoms with E-state index in [9.17, 15) is 5.26 Å². The maximum absolute atomic E-state index is 9.71. The zero-order valence-electron chi connectivity index (χ0n) is 15.0. The molecule has 4 nitrogen and oxygen atoms in total. The third kappa shape index (κ3) is 3.17. The Morgan fingerprint density at radius 3 is 2.63 bits per heavy atom. The number of aryl methyl sites for hydroxylation is 1. The third-order valence-corrected chi connectivity index (χ3v) is 5.54. The molecule has 1 N–H and O–H groups in total. The molecule has 132 valence electrons. The summed E-state index contributed by atoms with van der Waals surface area (Å²) in [6.07, 6.45) is 1.91. The van der Waals surface area contributed by atoms with Gasteiger partial charge in [0.2, 0.25) is 0 Å². The van der Waals surface area contributed by atoms with Gasteiger partial charge in [0.05, 0.1) is 22.3 Å². The minimum Gasteiger partial charge on any atom is -0.337 e. The number of nitrogens with zero attached hydrogens (tertiary/aromatic N) is 3. The molecule has 0 saturated carbocycles. The summed E-state index contributed by atoms with van der Waals surface area (Å²) in [5.74, 6) is 0.595. The molecule has 0 unspecified atom stereocenters. The first-order valence-corrected chi connectivity index (χ1v) is 9.67. The summed E-state index contributed by atoms with van der Waals surface area (Å²) < 4.78 is 3.41. The van der Waals surface area contributed by atoms with Crippen LogP contribution in [0.5, 0.6) is 0 Å². The largest absolute Gasteiger partial charge is 0.337 e. The second-order valence-electron chi connectivity index (χ2n) is 6.39. The monoisotopic (exact) mass is 464 g/mol. The molecule has 0 aliphatic heterocycles. The van der Waals surface area contributed by atoms with E-state index in [1.165, 1.54) is 3.57 Å². The fourth-order valence-corrected chi connectivity index (χ4v) is 3.96. The Hall–Kier alpha value is -2.85. The molecule has 2 aromatic carbocycles. The maximum atomic E-state index is 9.71. The molecule has 4 rings (SSSR count). The quantitative estimate of drug-likeness (QED) is 0.315. The van der Waals surface area contributed by atoms with Gasteiger partial charge in [-0.2, -0.15) is 5.26 Å². The normalized spacial score (nSPS) is 11.7. The standard InChI is InChI=1S/C22H17IN4/c1-14-11-16(15(2)27(14)21-10-6-3-7-18(21)23)12-17(13-24)22-25-19-8-4-5-9-20(19)26-22/h3-12H,1-2H3,(H,25,26)/b17-12+. The maximum Gasteiger partial charge on any atom is 0.149 e. The van der Waals surface area contributed by atoms with E-state index in [0.29, 0.717) is 11.4 Å². The first kappa shape index (κ1) is 17.6. The Balaban J connectivity index is 1.82. The highest BCUT2D eigenvalue weighted by Crippen LogP contribution is 2.27.